The predicted molar refractivity (Wildman–Crippen MR) is 97.4 cm³/mol. The van der Waals surface area contributed by atoms with E-state index in [1.807, 2.05) is 38.1 Å². The zero-order chi connectivity index (χ0) is 17.3. The molecule has 2 aromatic carbocycles. The molecule has 0 aliphatic rings. The average molecular weight is 341 g/mol. The number of aryl methyl sites for hydroxylation is 2. The van der Waals surface area contributed by atoms with E-state index in [-0.39, 0.29) is 11.7 Å². The van der Waals surface area contributed by atoms with Crippen molar-refractivity contribution in [1.82, 2.24) is 0 Å². The molecule has 5 heteroatoms. The molecular formula is C19H17ClN2O2. The highest BCUT2D eigenvalue weighted by molar-refractivity contribution is 6.31. The zero-order valence-corrected chi connectivity index (χ0v) is 14.1. The molecule has 0 radical (unpaired) electrons. The number of nitrogens with one attached hydrogen (secondary N) is 1. The summed E-state index contributed by atoms with van der Waals surface area (Å²) in [5.41, 5.74) is 9.88. The standard InChI is InChI=1S/C19H17ClN2O2/c1-11-3-5-13(9-15(11)20)17-7-8-18(24-17)19(23)22-14-6-4-12(2)16(21)10-14/h3-10H,21H2,1-2H3,(H,22,23). The second-order valence-corrected chi connectivity index (χ2v) is 6.06. The first-order chi connectivity index (χ1) is 11.4. The average Bonchev–Trinajstić information content (AvgIpc) is 3.04. The molecule has 0 unspecified atom stereocenters. The molecular weight excluding hydrogens is 324 g/mol. The van der Waals surface area contributed by atoms with E-state index in [1.165, 1.54) is 0 Å². The van der Waals surface area contributed by atoms with Crippen LogP contribution in [0.2, 0.25) is 5.02 Å². The van der Waals surface area contributed by atoms with Gasteiger partial charge in [-0.25, -0.2) is 0 Å². The summed E-state index contributed by atoms with van der Waals surface area (Å²) < 4.78 is 5.65. The Morgan fingerprint density at radius 2 is 1.79 bits per heavy atom. The summed E-state index contributed by atoms with van der Waals surface area (Å²) in [5, 5.41) is 3.43. The van der Waals surface area contributed by atoms with Crippen LogP contribution in [0.1, 0.15) is 21.7 Å². The third-order valence-electron chi connectivity index (χ3n) is 3.82. The SMILES string of the molecule is Cc1ccc(NC(=O)c2ccc(-c3ccc(C)c(Cl)c3)o2)cc1N. The van der Waals surface area contributed by atoms with Gasteiger partial charge in [0.1, 0.15) is 5.76 Å². The maximum Gasteiger partial charge on any atom is 0.291 e. The number of carbonyl (C=O) groups is 1. The van der Waals surface area contributed by atoms with Crippen molar-refractivity contribution in [2.24, 2.45) is 0 Å². The number of nitrogens with two attached hydrogens (primary N) is 1. The van der Waals surface area contributed by atoms with Gasteiger partial charge in [0.05, 0.1) is 0 Å². The van der Waals surface area contributed by atoms with Crippen LogP contribution < -0.4 is 11.1 Å². The van der Waals surface area contributed by atoms with E-state index in [9.17, 15) is 4.79 Å². The number of halogens is 1. The summed E-state index contributed by atoms with van der Waals surface area (Å²) >= 11 is 6.14. The van der Waals surface area contributed by atoms with Gasteiger partial charge >= 0.3 is 0 Å². The smallest absolute Gasteiger partial charge is 0.291 e. The Kier molecular flexibility index (Phi) is 4.32. The lowest BCUT2D eigenvalue weighted by atomic mass is 10.1. The van der Waals surface area contributed by atoms with Crippen LogP contribution in [-0.4, -0.2) is 5.91 Å². The molecule has 24 heavy (non-hydrogen) atoms. The minimum atomic E-state index is -0.331. The van der Waals surface area contributed by atoms with Crippen molar-refractivity contribution in [3.63, 3.8) is 0 Å². The summed E-state index contributed by atoms with van der Waals surface area (Å²) in [4.78, 5) is 12.3. The molecule has 3 aromatic rings. The fourth-order valence-electron chi connectivity index (χ4n) is 2.27. The second kappa shape index (κ2) is 6.42. The first-order valence-corrected chi connectivity index (χ1v) is 7.85. The highest BCUT2D eigenvalue weighted by Gasteiger charge is 2.13. The maximum atomic E-state index is 12.3. The molecule has 0 aliphatic heterocycles. The first-order valence-electron chi connectivity index (χ1n) is 7.48. The first kappa shape index (κ1) is 16.1. The number of carbonyl (C=O) groups excluding carboxylic acids is 1. The lowest BCUT2D eigenvalue weighted by molar-refractivity contribution is 0.0997. The maximum absolute atomic E-state index is 12.3. The van der Waals surface area contributed by atoms with Crippen LogP contribution in [-0.2, 0) is 0 Å². The van der Waals surface area contributed by atoms with E-state index < -0.39 is 0 Å². The quantitative estimate of drug-likeness (QED) is 0.655. The van der Waals surface area contributed by atoms with Crippen LogP contribution in [0.5, 0.6) is 0 Å². The van der Waals surface area contributed by atoms with Gasteiger partial charge in [0, 0.05) is 22.0 Å². The summed E-state index contributed by atoms with van der Waals surface area (Å²) in [7, 11) is 0. The Bertz CT molecular complexity index is 915. The molecule has 1 aromatic heterocycles. The predicted octanol–water partition coefficient (Wildman–Crippen LogP) is 5.05. The van der Waals surface area contributed by atoms with E-state index in [2.05, 4.69) is 5.32 Å². The molecule has 3 N–H and O–H groups in total. The lowest BCUT2D eigenvalue weighted by Gasteiger charge is -2.06. The Hall–Kier alpha value is -2.72. The van der Waals surface area contributed by atoms with Gasteiger partial charge in [-0.15, -0.1) is 0 Å². The van der Waals surface area contributed by atoms with Crippen molar-refractivity contribution >= 4 is 28.9 Å². The van der Waals surface area contributed by atoms with Gasteiger partial charge in [0.2, 0.25) is 0 Å². The number of hydrogen-bond donors (Lipinski definition) is 2. The molecule has 0 bridgehead atoms. The second-order valence-electron chi connectivity index (χ2n) is 5.65. The molecule has 0 fully saturated rings. The summed E-state index contributed by atoms with van der Waals surface area (Å²) in [5.74, 6) is 0.481. The van der Waals surface area contributed by atoms with Crippen molar-refractivity contribution in [1.29, 1.82) is 0 Å². The molecule has 122 valence electrons. The largest absolute Gasteiger partial charge is 0.451 e. The van der Waals surface area contributed by atoms with Gasteiger partial charge in [0.25, 0.3) is 5.91 Å². The Morgan fingerprint density at radius 3 is 2.50 bits per heavy atom. The number of amides is 1. The number of benzene rings is 2. The van der Waals surface area contributed by atoms with Crippen LogP contribution in [0, 0.1) is 13.8 Å². The fraction of sp³-hybridized carbons (Fsp3) is 0.105. The third kappa shape index (κ3) is 3.29. The molecule has 0 spiro atoms. The topological polar surface area (TPSA) is 68.3 Å². The van der Waals surface area contributed by atoms with Crippen molar-refractivity contribution in [3.8, 4) is 11.3 Å². The van der Waals surface area contributed by atoms with Crippen molar-refractivity contribution in [2.45, 2.75) is 13.8 Å². The van der Waals surface area contributed by atoms with E-state index in [4.69, 9.17) is 21.8 Å². The fourth-order valence-corrected chi connectivity index (χ4v) is 2.45. The van der Waals surface area contributed by atoms with E-state index in [0.29, 0.717) is 22.2 Å². The summed E-state index contributed by atoms with van der Waals surface area (Å²) in [6.45, 7) is 3.84. The number of nitrogen functional groups attached to an aromatic ring is 1. The van der Waals surface area contributed by atoms with Crippen LogP contribution in [0.15, 0.2) is 52.9 Å². The number of rotatable bonds is 3. The summed E-state index contributed by atoms with van der Waals surface area (Å²) in [6, 6.07) is 14.4. The van der Waals surface area contributed by atoms with Crippen molar-refractivity contribution < 1.29 is 9.21 Å². The van der Waals surface area contributed by atoms with Gasteiger partial charge < -0.3 is 15.5 Å². The zero-order valence-electron chi connectivity index (χ0n) is 13.4. The molecule has 0 aliphatic carbocycles. The Balaban J connectivity index is 1.80. The normalized spacial score (nSPS) is 10.6. The Morgan fingerprint density at radius 1 is 1.04 bits per heavy atom. The van der Waals surface area contributed by atoms with E-state index in [0.717, 1.165) is 16.7 Å². The molecule has 0 saturated heterocycles. The molecule has 1 amide bonds. The van der Waals surface area contributed by atoms with Crippen molar-refractivity contribution in [3.05, 3.63) is 70.4 Å². The van der Waals surface area contributed by atoms with Crippen LogP contribution in [0.3, 0.4) is 0 Å². The van der Waals surface area contributed by atoms with Gasteiger partial charge in [-0.1, -0.05) is 29.8 Å². The van der Waals surface area contributed by atoms with Gasteiger partial charge in [-0.3, -0.25) is 4.79 Å². The molecule has 0 saturated carbocycles. The third-order valence-corrected chi connectivity index (χ3v) is 4.23. The minimum Gasteiger partial charge on any atom is -0.451 e. The van der Waals surface area contributed by atoms with Crippen LogP contribution in [0.4, 0.5) is 11.4 Å². The van der Waals surface area contributed by atoms with Gasteiger partial charge in [0.15, 0.2) is 5.76 Å². The highest BCUT2D eigenvalue weighted by atomic mass is 35.5. The minimum absolute atomic E-state index is 0.223. The number of hydrogen-bond acceptors (Lipinski definition) is 3. The monoisotopic (exact) mass is 340 g/mol. The molecule has 0 atom stereocenters. The lowest BCUT2D eigenvalue weighted by Crippen LogP contribution is -2.11. The van der Waals surface area contributed by atoms with E-state index in [1.54, 1.807) is 24.3 Å². The van der Waals surface area contributed by atoms with Crippen molar-refractivity contribution in [2.75, 3.05) is 11.1 Å². The molecule has 3 rings (SSSR count). The van der Waals surface area contributed by atoms with Crippen LogP contribution >= 0.6 is 11.6 Å². The number of furan rings is 1. The molecule has 1 heterocycles. The van der Waals surface area contributed by atoms with Crippen LogP contribution in [0.25, 0.3) is 11.3 Å². The van der Waals surface area contributed by atoms with Gasteiger partial charge in [-0.2, -0.15) is 0 Å². The Labute approximate surface area is 145 Å². The molecule has 4 nitrogen and oxygen atoms in total. The van der Waals surface area contributed by atoms with Gasteiger partial charge in [-0.05, 0) is 55.3 Å². The van der Waals surface area contributed by atoms with E-state index >= 15 is 0 Å². The highest BCUT2D eigenvalue weighted by Crippen LogP contribution is 2.27. The number of anilines is 2. The summed E-state index contributed by atoms with van der Waals surface area (Å²) in [6.07, 6.45) is 0.